The third-order valence-corrected chi connectivity index (χ3v) is 1.73. The molecule has 0 heterocycles. The molecule has 1 aromatic rings. The lowest BCUT2D eigenvalue weighted by Gasteiger charge is -2.05. The van der Waals surface area contributed by atoms with Gasteiger partial charge < -0.3 is 10.1 Å². The van der Waals surface area contributed by atoms with Gasteiger partial charge in [-0.25, -0.2) is 0 Å². The summed E-state index contributed by atoms with van der Waals surface area (Å²) in [6, 6.07) is 4.39. The van der Waals surface area contributed by atoms with Crippen LogP contribution in [0.4, 0.5) is 11.4 Å². The molecule has 0 radical (unpaired) electrons. The summed E-state index contributed by atoms with van der Waals surface area (Å²) in [5.74, 6) is 2.80. The van der Waals surface area contributed by atoms with E-state index in [0.29, 0.717) is 18.0 Å². The molecule has 1 aromatic carbocycles. The third kappa shape index (κ3) is 2.88. The number of rotatable bonds is 4. The third-order valence-electron chi connectivity index (χ3n) is 1.73. The maximum Gasteiger partial charge on any atom is 0.275 e. The van der Waals surface area contributed by atoms with Gasteiger partial charge in [0, 0.05) is 17.8 Å². The van der Waals surface area contributed by atoms with Crippen LogP contribution in [0.5, 0.6) is 5.75 Å². The summed E-state index contributed by atoms with van der Waals surface area (Å²) < 4.78 is 4.93. The first-order valence-corrected chi connectivity index (χ1v) is 4.18. The predicted octanol–water partition coefficient (Wildman–Crippen LogP) is 1.65. The molecule has 5 heteroatoms. The van der Waals surface area contributed by atoms with E-state index in [1.54, 1.807) is 6.07 Å². The van der Waals surface area contributed by atoms with Crippen molar-refractivity contribution in [2.75, 3.05) is 19.0 Å². The van der Waals surface area contributed by atoms with Gasteiger partial charge in [0.05, 0.1) is 24.6 Å². The van der Waals surface area contributed by atoms with Gasteiger partial charge >= 0.3 is 0 Å². The van der Waals surface area contributed by atoms with Gasteiger partial charge in [-0.1, -0.05) is 5.92 Å². The molecule has 0 aliphatic carbocycles. The highest BCUT2D eigenvalue weighted by Crippen LogP contribution is 2.25. The van der Waals surface area contributed by atoms with E-state index in [0.717, 1.165) is 0 Å². The minimum Gasteiger partial charge on any atom is -0.496 e. The van der Waals surface area contributed by atoms with E-state index in [1.165, 1.54) is 19.2 Å². The molecule has 15 heavy (non-hydrogen) atoms. The Morgan fingerprint density at radius 3 is 2.87 bits per heavy atom. The van der Waals surface area contributed by atoms with Crippen LogP contribution >= 0.6 is 0 Å². The first-order chi connectivity index (χ1) is 7.17. The Hall–Kier alpha value is -2.22. The number of nitrogens with one attached hydrogen (secondary N) is 1. The summed E-state index contributed by atoms with van der Waals surface area (Å²) in [7, 11) is 1.45. The smallest absolute Gasteiger partial charge is 0.275 e. The van der Waals surface area contributed by atoms with Crippen LogP contribution in [0.1, 0.15) is 0 Å². The zero-order chi connectivity index (χ0) is 11.3. The van der Waals surface area contributed by atoms with Crippen molar-refractivity contribution in [3.63, 3.8) is 0 Å². The number of non-ortho nitro benzene ring substituents is 1. The summed E-state index contributed by atoms with van der Waals surface area (Å²) in [6.07, 6.45) is 5.07. The second kappa shape index (κ2) is 4.86. The lowest BCUT2D eigenvalue weighted by atomic mass is 10.2. The van der Waals surface area contributed by atoms with E-state index in [9.17, 15) is 10.1 Å². The first-order valence-electron chi connectivity index (χ1n) is 4.18. The van der Waals surface area contributed by atoms with Gasteiger partial charge in [0.2, 0.25) is 0 Å². The number of benzene rings is 1. The highest BCUT2D eigenvalue weighted by molar-refractivity contribution is 5.56. The average Bonchev–Trinajstić information content (AvgIpc) is 2.25. The zero-order valence-electron chi connectivity index (χ0n) is 8.19. The molecular formula is C10H10N2O3. The molecule has 5 nitrogen and oxygen atoms in total. The summed E-state index contributed by atoms with van der Waals surface area (Å²) in [5, 5.41) is 13.4. The molecule has 1 N–H and O–H groups in total. The fraction of sp³-hybridized carbons (Fsp3) is 0.200. The molecule has 0 spiro atoms. The molecule has 0 aromatic heterocycles. The normalized spacial score (nSPS) is 9.07. The van der Waals surface area contributed by atoms with Crippen molar-refractivity contribution in [3.8, 4) is 18.1 Å². The van der Waals surface area contributed by atoms with Crippen LogP contribution in [-0.2, 0) is 0 Å². The van der Waals surface area contributed by atoms with Gasteiger partial charge in [-0.05, 0) is 0 Å². The van der Waals surface area contributed by atoms with Gasteiger partial charge in [-0.3, -0.25) is 10.1 Å². The Bertz CT molecular complexity index is 410. The lowest BCUT2D eigenvalue weighted by Crippen LogP contribution is -2.00. The van der Waals surface area contributed by atoms with Crippen molar-refractivity contribution in [1.82, 2.24) is 0 Å². The van der Waals surface area contributed by atoms with E-state index in [4.69, 9.17) is 11.2 Å². The molecule has 78 valence electrons. The molecule has 0 aliphatic rings. The molecule has 0 amide bonds. The van der Waals surface area contributed by atoms with Gasteiger partial charge in [-0.15, -0.1) is 6.42 Å². The van der Waals surface area contributed by atoms with Crippen LogP contribution in [0.15, 0.2) is 18.2 Å². The maximum atomic E-state index is 10.6. The number of hydrogen-bond acceptors (Lipinski definition) is 4. The minimum absolute atomic E-state index is 0.0335. The summed E-state index contributed by atoms with van der Waals surface area (Å²) in [4.78, 5) is 10.1. The summed E-state index contributed by atoms with van der Waals surface area (Å²) in [6.45, 7) is 0.310. The van der Waals surface area contributed by atoms with Gasteiger partial charge in [0.25, 0.3) is 5.69 Å². The van der Waals surface area contributed by atoms with Crippen molar-refractivity contribution < 1.29 is 9.66 Å². The second-order valence-corrected chi connectivity index (χ2v) is 2.73. The van der Waals surface area contributed by atoms with Crippen molar-refractivity contribution in [1.29, 1.82) is 0 Å². The quantitative estimate of drug-likeness (QED) is 0.462. The Labute approximate surface area is 87.2 Å². The molecule has 0 saturated carbocycles. The molecule has 0 unspecified atom stereocenters. The minimum atomic E-state index is -0.483. The highest BCUT2D eigenvalue weighted by atomic mass is 16.6. The molecule has 0 atom stereocenters. The molecule has 0 fully saturated rings. The number of anilines is 1. The standard InChI is InChI=1S/C10H10N2O3/c1-3-4-11-8-5-9(12(13)14)7-10(6-8)15-2/h1,5-7,11H,4H2,2H3. The van der Waals surface area contributed by atoms with Gasteiger partial charge in [-0.2, -0.15) is 0 Å². The van der Waals surface area contributed by atoms with E-state index in [2.05, 4.69) is 11.2 Å². The van der Waals surface area contributed by atoms with Crippen molar-refractivity contribution >= 4 is 11.4 Å². The molecule has 0 aliphatic heterocycles. The van der Waals surface area contributed by atoms with E-state index >= 15 is 0 Å². The Morgan fingerprint density at radius 1 is 1.60 bits per heavy atom. The highest BCUT2D eigenvalue weighted by Gasteiger charge is 2.09. The molecule has 0 bridgehead atoms. The number of methoxy groups -OCH3 is 1. The van der Waals surface area contributed by atoms with Crippen molar-refractivity contribution in [2.45, 2.75) is 0 Å². The van der Waals surface area contributed by atoms with E-state index in [-0.39, 0.29) is 5.69 Å². The monoisotopic (exact) mass is 206 g/mol. The predicted molar refractivity (Wildman–Crippen MR) is 57.0 cm³/mol. The number of nitro benzene ring substituents is 1. The van der Waals surface area contributed by atoms with Crippen LogP contribution in [0.2, 0.25) is 0 Å². The largest absolute Gasteiger partial charge is 0.496 e. The lowest BCUT2D eigenvalue weighted by molar-refractivity contribution is -0.384. The van der Waals surface area contributed by atoms with Crippen LogP contribution in [-0.4, -0.2) is 18.6 Å². The number of nitro groups is 1. The van der Waals surface area contributed by atoms with Crippen LogP contribution < -0.4 is 10.1 Å². The average molecular weight is 206 g/mol. The van der Waals surface area contributed by atoms with Crippen molar-refractivity contribution in [2.24, 2.45) is 0 Å². The van der Waals surface area contributed by atoms with Gasteiger partial charge in [0.15, 0.2) is 0 Å². The Morgan fingerprint density at radius 2 is 2.33 bits per heavy atom. The SMILES string of the molecule is C#CCNc1cc(OC)cc([N+](=O)[O-])c1. The maximum absolute atomic E-state index is 10.6. The second-order valence-electron chi connectivity index (χ2n) is 2.73. The van der Waals surface area contributed by atoms with E-state index < -0.39 is 4.92 Å². The molecule has 0 saturated heterocycles. The number of terminal acetylenes is 1. The summed E-state index contributed by atoms with van der Waals surface area (Å²) >= 11 is 0. The topological polar surface area (TPSA) is 64.4 Å². The fourth-order valence-corrected chi connectivity index (χ4v) is 1.06. The number of ether oxygens (including phenoxy) is 1. The van der Waals surface area contributed by atoms with Gasteiger partial charge in [0.1, 0.15) is 5.75 Å². The van der Waals surface area contributed by atoms with Crippen LogP contribution in [0, 0.1) is 22.5 Å². The zero-order valence-corrected chi connectivity index (χ0v) is 8.19. The van der Waals surface area contributed by atoms with Crippen molar-refractivity contribution in [3.05, 3.63) is 28.3 Å². The van der Waals surface area contributed by atoms with E-state index in [1.807, 2.05) is 0 Å². The fourth-order valence-electron chi connectivity index (χ4n) is 1.06. The Balaban J connectivity index is 3.01. The number of hydrogen-bond donors (Lipinski definition) is 1. The molecule has 1 rings (SSSR count). The van der Waals surface area contributed by atoms with Crippen LogP contribution in [0.3, 0.4) is 0 Å². The molecular weight excluding hydrogens is 196 g/mol. The Kier molecular flexibility index (Phi) is 3.52. The number of nitrogens with zero attached hydrogens (tertiary/aromatic N) is 1. The summed E-state index contributed by atoms with van der Waals surface area (Å²) in [5.41, 5.74) is 0.535. The van der Waals surface area contributed by atoms with Crippen LogP contribution in [0.25, 0.3) is 0 Å². The first kappa shape index (κ1) is 10.9.